The fourth-order valence-corrected chi connectivity index (χ4v) is 2.36. The van der Waals surface area contributed by atoms with Crippen LogP contribution in [0.4, 0.5) is 0 Å². The maximum atomic E-state index is 11.6. The molecule has 17 heavy (non-hydrogen) atoms. The third kappa shape index (κ3) is 2.00. The summed E-state index contributed by atoms with van der Waals surface area (Å²) in [4.78, 5) is 11.6. The molecule has 1 atom stereocenters. The van der Waals surface area contributed by atoms with Crippen LogP contribution in [-0.2, 0) is 14.9 Å². The molecule has 1 heterocycles. The molecule has 4 heteroatoms. The van der Waals surface area contributed by atoms with Gasteiger partial charge in [-0.05, 0) is 18.9 Å². The molecule has 0 fully saturated rings. The molecule has 1 N–H and O–H groups in total. The summed E-state index contributed by atoms with van der Waals surface area (Å²) in [7, 11) is 1.53. The van der Waals surface area contributed by atoms with Gasteiger partial charge in [-0.3, -0.25) is 4.79 Å². The summed E-state index contributed by atoms with van der Waals surface area (Å²) < 4.78 is 10.7. The number of ether oxygens (including phenoxy) is 2. The molecule has 0 amide bonds. The number of para-hydroxylation sites is 1. The van der Waals surface area contributed by atoms with E-state index in [0.717, 1.165) is 0 Å². The lowest BCUT2D eigenvalue weighted by molar-refractivity contribution is -0.146. The monoisotopic (exact) mass is 236 g/mol. The second-order valence-electron chi connectivity index (χ2n) is 4.27. The zero-order valence-electron chi connectivity index (χ0n) is 9.81. The molecule has 0 bridgehead atoms. The van der Waals surface area contributed by atoms with E-state index in [2.05, 4.69) is 0 Å². The van der Waals surface area contributed by atoms with Crippen LogP contribution in [0.5, 0.6) is 5.75 Å². The molecule has 1 aliphatic heterocycles. The molecule has 1 aromatic rings. The lowest BCUT2D eigenvalue weighted by atomic mass is 9.77. The van der Waals surface area contributed by atoms with Crippen LogP contribution in [0.1, 0.15) is 18.4 Å². The maximum absolute atomic E-state index is 11.6. The van der Waals surface area contributed by atoms with E-state index in [1.165, 1.54) is 7.11 Å². The van der Waals surface area contributed by atoms with Crippen LogP contribution in [0.25, 0.3) is 0 Å². The largest absolute Gasteiger partial charge is 0.493 e. The highest BCUT2D eigenvalue weighted by molar-refractivity contribution is 5.83. The molecule has 1 aliphatic rings. The van der Waals surface area contributed by atoms with E-state index in [-0.39, 0.29) is 6.61 Å². The van der Waals surface area contributed by atoms with E-state index >= 15 is 0 Å². The smallest absolute Gasteiger partial charge is 0.316 e. The number of hydrogen-bond donors (Lipinski definition) is 1. The highest BCUT2D eigenvalue weighted by Gasteiger charge is 2.43. The Labute approximate surface area is 100 Å². The van der Waals surface area contributed by atoms with Crippen molar-refractivity contribution < 1.29 is 19.4 Å². The molecule has 4 nitrogen and oxygen atoms in total. The van der Waals surface area contributed by atoms with Crippen molar-refractivity contribution in [3.05, 3.63) is 29.8 Å². The molecular weight excluding hydrogens is 220 g/mol. The first kappa shape index (κ1) is 11.9. The van der Waals surface area contributed by atoms with Crippen molar-refractivity contribution in [2.24, 2.45) is 0 Å². The number of fused-ring (bicyclic) bond motifs is 1. The molecule has 1 unspecified atom stereocenters. The number of rotatable bonds is 3. The Kier molecular flexibility index (Phi) is 3.33. The Morgan fingerprint density at radius 2 is 2.29 bits per heavy atom. The average molecular weight is 236 g/mol. The minimum absolute atomic E-state index is 0.169. The van der Waals surface area contributed by atoms with Gasteiger partial charge in [-0.25, -0.2) is 0 Å². The standard InChI is InChI=1S/C13H16O4/c1-16-9-13(12(14)15)7-4-8-17-11-6-3-2-5-10(11)13/h2-3,5-6H,4,7-9H2,1H3,(H,14,15). The summed E-state index contributed by atoms with van der Waals surface area (Å²) in [5, 5.41) is 9.56. The normalized spacial score (nSPS) is 23.4. The van der Waals surface area contributed by atoms with Gasteiger partial charge in [0, 0.05) is 12.7 Å². The van der Waals surface area contributed by atoms with Crippen LogP contribution in [0.3, 0.4) is 0 Å². The zero-order chi connectivity index (χ0) is 12.3. The Morgan fingerprint density at radius 1 is 1.53 bits per heavy atom. The minimum Gasteiger partial charge on any atom is -0.493 e. The van der Waals surface area contributed by atoms with Crippen LogP contribution in [0.2, 0.25) is 0 Å². The minimum atomic E-state index is -0.984. The summed E-state index contributed by atoms with van der Waals surface area (Å²) >= 11 is 0. The van der Waals surface area contributed by atoms with Gasteiger partial charge < -0.3 is 14.6 Å². The van der Waals surface area contributed by atoms with Crippen molar-refractivity contribution in [2.75, 3.05) is 20.3 Å². The Morgan fingerprint density at radius 3 is 3.00 bits per heavy atom. The average Bonchev–Trinajstić information content (AvgIpc) is 2.51. The van der Waals surface area contributed by atoms with Crippen molar-refractivity contribution in [3.8, 4) is 5.75 Å². The molecule has 0 radical (unpaired) electrons. The van der Waals surface area contributed by atoms with Gasteiger partial charge in [0.1, 0.15) is 11.2 Å². The molecule has 0 aliphatic carbocycles. The Balaban J connectivity index is 2.54. The highest BCUT2D eigenvalue weighted by atomic mass is 16.5. The van der Waals surface area contributed by atoms with Gasteiger partial charge in [-0.15, -0.1) is 0 Å². The molecule has 0 saturated heterocycles. The van der Waals surface area contributed by atoms with Crippen molar-refractivity contribution in [1.82, 2.24) is 0 Å². The third-order valence-corrected chi connectivity index (χ3v) is 3.21. The number of carbonyl (C=O) groups is 1. The summed E-state index contributed by atoms with van der Waals surface area (Å²) in [6, 6.07) is 7.31. The highest BCUT2D eigenvalue weighted by Crippen LogP contribution is 2.38. The van der Waals surface area contributed by atoms with Crippen molar-refractivity contribution in [2.45, 2.75) is 18.3 Å². The van der Waals surface area contributed by atoms with Gasteiger partial charge in [0.2, 0.25) is 0 Å². The lowest BCUT2D eigenvalue weighted by Gasteiger charge is -2.28. The maximum Gasteiger partial charge on any atom is 0.316 e. The van der Waals surface area contributed by atoms with Crippen LogP contribution in [0.15, 0.2) is 24.3 Å². The van der Waals surface area contributed by atoms with Crippen LogP contribution >= 0.6 is 0 Å². The molecule has 0 spiro atoms. The van der Waals surface area contributed by atoms with Gasteiger partial charge in [-0.2, -0.15) is 0 Å². The molecule has 1 aromatic carbocycles. The molecule has 0 aromatic heterocycles. The molecule has 92 valence electrons. The summed E-state index contributed by atoms with van der Waals surface area (Å²) in [5.74, 6) is -0.193. The van der Waals surface area contributed by atoms with E-state index in [0.29, 0.717) is 30.8 Å². The molecular formula is C13H16O4. The van der Waals surface area contributed by atoms with Gasteiger partial charge in [-0.1, -0.05) is 18.2 Å². The topological polar surface area (TPSA) is 55.8 Å². The van der Waals surface area contributed by atoms with E-state index in [1.54, 1.807) is 0 Å². The van der Waals surface area contributed by atoms with Crippen LogP contribution in [0, 0.1) is 0 Å². The first-order chi connectivity index (χ1) is 8.20. The van der Waals surface area contributed by atoms with E-state index in [1.807, 2.05) is 24.3 Å². The van der Waals surface area contributed by atoms with Gasteiger partial charge in [0.25, 0.3) is 0 Å². The predicted molar refractivity (Wildman–Crippen MR) is 62.4 cm³/mol. The number of methoxy groups -OCH3 is 1. The SMILES string of the molecule is COCC1(C(=O)O)CCCOc2ccccc21. The van der Waals surface area contributed by atoms with Crippen LogP contribution in [-0.4, -0.2) is 31.4 Å². The number of carboxylic acids is 1. The second-order valence-corrected chi connectivity index (χ2v) is 4.27. The van der Waals surface area contributed by atoms with Crippen molar-refractivity contribution in [3.63, 3.8) is 0 Å². The Bertz CT molecular complexity index is 416. The zero-order valence-corrected chi connectivity index (χ0v) is 9.81. The third-order valence-electron chi connectivity index (χ3n) is 3.21. The quantitative estimate of drug-likeness (QED) is 0.869. The van der Waals surface area contributed by atoms with Gasteiger partial charge in [0.15, 0.2) is 0 Å². The number of aliphatic carboxylic acids is 1. The number of carboxylic acid groups (broad SMARTS) is 1. The first-order valence-corrected chi connectivity index (χ1v) is 5.65. The van der Waals surface area contributed by atoms with E-state index in [4.69, 9.17) is 9.47 Å². The van der Waals surface area contributed by atoms with E-state index < -0.39 is 11.4 Å². The predicted octanol–water partition coefficient (Wildman–Crippen LogP) is 1.83. The van der Waals surface area contributed by atoms with E-state index in [9.17, 15) is 9.90 Å². The fourth-order valence-electron chi connectivity index (χ4n) is 2.36. The number of benzene rings is 1. The van der Waals surface area contributed by atoms with Crippen LogP contribution < -0.4 is 4.74 Å². The van der Waals surface area contributed by atoms with Crippen molar-refractivity contribution in [1.29, 1.82) is 0 Å². The molecule has 2 rings (SSSR count). The summed E-state index contributed by atoms with van der Waals surface area (Å²) in [5.41, 5.74) is -0.270. The van der Waals surface area contributed by atoms with Crippen molar-refractivity contribution >= 4 is 5.97 Å². The van der Waals surface area contributed by atoms with Gasteiger partial charge in [0.05, 0.1) is 13.2 Å². The summed E-state index contributed by atoms with van der Waals surface area (Å²) in [6.07, 6.45) is 1.25. The second kappa shape index (κ2) is 4.75. The first-order valence-electron chi connectivity index (χ1n) is 5.65. The van der Waals surface area contributed by atoms with Gasteiger partial charge >= 0.3 is 5.97 Å². The number of hydrogen-bond acceptors (Lipinski definition) is 3. The summed E-state index contributed by atoms with van der Waals surface area (Å²) in [6.45, 7) is 0.721. The fraction of sp³-hybridized carbons (Fsp3) is 0.462. The lowest BCUT2D eigenvalue weighted by Crippen LogP contribution is -2.40. The molecule has 0 saturated carbocycles. The Hall–Kier alpha value is -1.55.